The normalized spacial score (nSPS) is 12.9. The van der Waals surface area contributed by atoms with Gasteiger partial charge in [-0.3, -0.25) is 4.18 Å². The zero-order valence-corrected chi connectivity index (χ0v) is 17.6. The maximum Gasteiger partial charge on any atom is 1.00 e. The molecule has 0 amide bonds. The van der Waals surface area contributed by atoms with Crippen molar-refractivity contribution < 1.29 is 46.7 Å². The van der Waals surface area contributed by atoms with Crippen LogP contribution in [0, 0.1) is 0 Å². The van der Waals surface area contributed by atoms with Crippen LogP contribution < -0.4 is 29.6 Å². The molecule has 4 nitrogen and oxygen atoms in total. The van der Waals surface area contributed by atoms with E-state index >= 15 is 0 Å². The van der Waals surface area contributed by atoms with Gasteiger partial charge in [-0.1, -0.05) is 84.5 Å². The van der Waals surface area contributed by atoms with Gasteiger partial charge in [0.1, 0.15) is 0 Å². The Morgan fingerprint density at radius 3 is 1.50 bits per heavy atom. The molecule has 0 spiro atoms. The molecule has 0 fully saturated rings. The Bertz CT molecular complexity index is 320. The van der Waals surface area contributed by atoms with Crippen LogP contribution in [-0.2, 0) is 14.6 Å². The molecule has 1 atom stereocenters. The standard InChI is InChI=1S/C16H34O4S.Na/c1-3-5-7-9-11-13-15-16(20-21(17,18)19)14-12-10-8-6-4-2;/h16H,3-15H2,1-2H3,(H,17,18,19);/q;+1/p-1. The van der Waals surface area contributed by atoms with Crippen molar-refractivity contribution >= 4 is 10.4 Å². The van der Waals surface area contributed by atoms with Gasteiger partial charge in [0.05, 0.1) is 6.10 Å². The van der Waals surface area contributed by atoms with Gasteiger partial charge in [0.2, 0.25) is 10.4 Å². The molecule has 0 aromatic rings. The molecule has 0 bridgehead atoms. The average molecular weight is 344 g/mol. The Hall–Kier alpha value is 0.870. The second-order valence-corrected chi connectivity index (χ2v) is 6.89. The van der Waals surface area contributed by atoms with Crippen molar-refractivity contribution in [2.75, 3.05) is 0 Å². The van der Waals surface area contributed by atoms with Crippen LogP contribution in [0.25, 0.3) is 0 Å². The third kappa shape index (κ3) is 18.9. The molecule has 22 heavy (non-hydrogen) atoms. The van der Waals surface area contributed by atoms with Crippen molar-refractivity contribution in [1.82, 2.24) is 0 Å². The Morgan fingerprint density at radius 1 is 0.773 bits per heavy atom. The number of hydrogen-bond donors (Lipinski definition) is 0. The van der Waals surface area contributed by atoms with Gasteiger partial charge in [-0.2, -0.15) is 0 Å². The molecule has 0 radical (unpaired) electrons. The fourth-order valence-electron chi connectivity index (χ4n) is 2.54. The summed E-state index contributed by atoms with van der Waals surface area (Å²) in [5, 5.41) is 0. The van der Waals surface area contributed by atoms with Gasteiger partial charge >= 0.3 is 29.6 Å². The summed E-state index contributed by atoms with van der Waals surface area (Å²) < 4.78 is 37.0. The first kappa shape index (κ1) is 25.1. The van der Waals surface area contributed by atoms with E-state index in [1.54, 1.807) is 0 Å². The van der Waals surface area contributed by atoms with Gasteiger partial charge in [-0.25, -0.2) is 8.42 Å². The van der Waals surface area contributed by atoms with Gasteiger partial charge in [-0.05, 0) is 12.8 Å². The fraction of sp³-hybridized carbons (Fsp3) is 1.00. The second-order valence-electron chi connectivity index (χ2n) is 5.89. The Balaban J connectivity index is 0. The van der Waals surface area contributed by atoms with Gasteiger partial charge in [-0.15, -0.1) is 0 Å². The van der Waals surface area contributed by atoms with Crippen LogP contribution in [0.15, 0.2) is 0 Å². The average Bonchev–Trinajstić information content (AvgIpc) is 2.40. The minimum absolute atomic E-state index is 0. The summed E-state index contributed by atoms with van der Waals surface area (Å²) in [5.74, 6) is 0. The molecule has 0 saturated heterocycles. The van der Waals surface area contributed by atoms with E-state index in [1.807, 2.05) is 0 Å². The maximum absolute atomic E-state index is 10.8. The first-order chi connectivity index (χ1) is 9.99. The SMILES string of the molecule is CCCCCCCCC(CCCCCCC)OS(=O)(=O)[O-].[Na+]. The summed E-state index contributed by atoms with van der Waals surface area (Å²) in [5.41, 5.74) is 0. The van der Waals surface area contributed by atoms with E-state index in [2.05, 4.69) is 18.0 Å². The molecular weight excluding hydrogens is 311 g/mol. The van der Waals surface area contributed by atoms with E-state index in [0.29, 0.717) is 12.8 Å². The molecule has 0 aromatic carbocycles. The first-order valence-electron chi connectivity index (χ1n) is 8.63. The Morgan fingerprint density at radius 2 is 1.14 bits per heavy atom. The molecule has 0 aromatic heterocycles. The second kappa shape index (κ2) is 16.7. The summed E-state index contributed by atoms with van der Waals surface area (Å²) in [7, 11) is -4.57. The number of rotatable bonds is 15. The molecule has 0 aliphatic carbocycles. The number of unbranched alkanes of at least 4 members (excludes halogenated alkanes) is 9. The van der Waals surface area contributed by atoms with Crippen LogP contribution in [0.2, 0.25) is 0 Å². The Labute approximate surface area is 160 Å². The zero-order chi connectivity index (χ0) is 16.0. The van der Waals surface area contributed by atoms with Gasteiger partial charge < -0.3 is 4.55 Å². The van der Waals surface area contributed by atoms with Gasteiger partial charge in [0.15, 0.2) is 0 Å². The summed E-state index contributed by atoms with van der Waals surface area (Å²) in [6.07, 6.45) is 13.5. The van der Waals surface area contributed by atoms with Crippen LogP contribution in [0.3, 0.4) is 0 Å². The monoisotopic (exact) mass is 344 g/mol. The Kier molecular flexibility index (Phi) is 19.1. The molecule has 0 aliphatic heterocycles. The van der Waals surface area contributed by atoms with Crippen molar-refractivity contribution in [2.45, 2.75) is 103 Å². The van der Waals surface area contributed by atoms with Crippen LogP contribution >= 0.6 is 0 Å². The largest absolute Gasteiger partial charge is 1.00 e. The molecule has 128 valence electrons. The van der Waals surface area contributed by atoms with Gasteiger partial charge in [0.25, 0.3) is 0 Å². The fourth-order valence-corrected chi connectivity index (χ4v) is 3.06. The minimum Gasteiger partial charge on any atom is -0.726 e. The third-order valence-corrected chi connectivity index (χ3v) is 4.27. The van der Waals surface area contributed by atoms with Crippen molar-refractivity contribution in [2.24, 2.45) is 0 Å². The van der Waals surface area contributed by atoms with E-state index in [1.165, 1.54) is 44.9 Å². The molecule has 0 heterocycles. The van der Waals surface area contributed by atoms with Crippen molar-refractivity contribution in [3.63, 3.8) is 0 Å². The molecule has 0 aliphatic rings. The third-order valence-electron chi connectivity index (χ3n) is 3.76. The topological polar surface area (TPSA) is 66.4 Å². The number of hydrogen-bond acceptors (Lipinski definition) is 4. The first-order valence-corrected chi connectivity index (χ1v) is 9.97. The van der Waals surface area contributed by atoms with E-state index in [4.69, 9.17) is 0 Å². The molecule has 0 saturated carbocycles. The summed E-state index contributed by atoms with van der Waals surface area (Å²) in [6, 6.07) is 0. The molecule has 6 heteroatoms. The summed E-state index contributed by atoms with van der Waals surface area (Å²) in [6.45, 7) is 4.34. The molecule has 1 unspecified atom stereocenters. The van der Waals surface area contributed by atoms with Crippen molar-refractivity contribution in [1.29, 1.82) is 0 Å². The van der Waals surface area contributed by atoms with Crippen molar-refractivity contribution in [3.05, 3.63) is 0 Å². The molecule has 0 N–H and O–H groups in total. The molecule has 0 rings (SSSR count). The predicted molar refractivity (Wildman–Crippen MR) is 85.9 cm³/mol. The van der Waals surface area contributed by atoms with Crippen LogP contribution in [0.4, 0.5) is 0 Å². The quantitative estimate of drug-likeness (QED) is 0.197. The van der Waals surface area contributed by atoms with E-state index in [9.17, 15) is 13.0 Å². The summed E-state index contributed by atoms with van der Waals surface area (Å²) in [4.78, 5) is 0. The van der Waals surface area contributed by atoms with E-state index in [-0.39, 0.29) is 29.6 Å². The maximum atomic E-state index is 10.8. The smallest absolute Gasteiger partial charge is 0.726 e. The van der Waals surface area contributed by atoms with E-state index in [0.717, 1.165) is 25.7 Å². The van der Waals surface area contributed by atoms with Crippen LogP contribution in [0.5, 0.6) is 0 Å². The van der Waals surface area contributed by atoms with Crippen LogP contribution in [0.1, 0.15) is 97.3 Å². The zero-order valence-electron chi connectivity index (χ0n) is 14.8. The minimum atomic E-state index is -4.57. The summed E-state index contributed by atoms with van der Waals surface area (Å²) >= 11 is 0. The van der Waals surface area contributed by atoms with E-state index < -0.39 is 16.5 Å². The van der Waals surface area contributed by atoms with Crippen molar-refractivity contribution in [3.8, 4) is 0 Å². The predicted octanol–water partition coefficient (Wildman–Crippen LogP) is 1.95. The van der Waals surface area contributed by atoms with Gasteiger partial charge in [0, 0.05) is 0 Å². The molecular formula is C16H33NaO4S. The van der Waals surface area contributed by atoms with Crippen LogP contribution in [-0.4, -0.2) is 19.1 Å².